The molecule has 86 valence electrons. The van der Waals surface area contributed by atoms with Crippen molar-refractivity contribution in [1.29, 1.82) is 0 Å². The van der Waals surface area contributed by atoms with Gasteiger partial charge in [-0.05, 0) is 6.07 Å². The van der Waals surface area contributed by atoms with Gasteiger partial charge in [-0.15, -0.1) is 0 Å². The molecular weight excluding hydrogens is 225 g/mol. The predicted octanol–water partition coefficient (Wildman–Crippen LogP) is 2.29. The Balaban J connectivity index is 2.75. The molecular formula is C11H14NO3P. The van der Waals surface area contributed by atoms with Gasteiger partial charge in [-0.1, -0.05) is 18.2 Å². The number of hydrogen-bond donors (Lipinski definition) is 0. The van der Waals surface area contributed by atoms with Crippen LogP contribution in [0.15, 0.2) is 30.5 Å². The maximum absolute atomic E-state index is 12.3. The van der Waals surface area contributed by atoms with Crippen LogP contribution in [0, 0.1) is 0 Å². The maximum Gasteiger partial charge on any atom is 0.362 e. The fourth-order valence-corrected chi connectivity index (χ4v) is 3.15. The van der Waals surface area contributed by atoms with Crippen LogP contribution in [0.2, 0.25) is 0 Å². The van der Waals surface area contributed by atoms with E-state index in [1.54, 1.807) is 6.20 Å². The average molecular weight is 239 g/mol. The first-order valence-electron chi connectivity index (χ1n) is 4.88. The van der Waals surface area contributed by atoms with E-state index in [2.05, 4.69) is 0 Å². The smallest absolute Gasteiger partial charge is 0.350 e. The first kappa shape index (κ1) is 11.4. The largest absolute Gasteiger partial charge is 0.362 e. The van der Waals surface area contributed by atoms with Crippen LogP contribution in [0.25, 0.3) is 10.9 Å². The first-order chi connectivity index (χ1) is 7.62. The molecule has 0 bridgehead atoms. The quantitative estimate of drug-likeness (QED) is 0.771. The molecule has 0 saturated heterocycles. The Morgan fingerprint density at radius 2 is 1.81 bits per heavy atom. The Hall–Kier alpha value is -1.09. The van der Waals surface area contributed by atoms with Crippen molar-refractivity contribution in [2.24, 2.45) is 7.05 Å². The molecule has 0 fully saturated rings. The van der Waals surface area contributed by atoms with Gasteiger partial charge in [0.05, 0.1) is 5.30 Å². The first-order valence-corrected chi connectivity index (χ1v) is 6.43. The second-order valence-corrected chi connectivity index (χ2v) is 5.71. The van der Waals surface area contributed by atoms with Crippen LogP contribution in [0.3, 0.4) is 0 Å². The lowest BCUT2D eigenvalue weighted by Gasteiger charge is -2.12. The van der Waals surface area contributed by atoms with Gasteiger partial charge < -0.3 is 13.6 Å². The molecule has 4 nitrogen and oxygen atoms in total. The van der Waals surface area contributed by atoms with Gasteiger partial charge in [0.15, 0.2) is 0 Å². The van der Waals surface area contributed by atoms with Crippen LogP contribution in [-0.2, 0) is 20.7 Å². The highest BCUT2D eigenvalue weighted by Gasteiger charge is 2.28. The monoisotopic (exact) mass is 239 g/mol. The van der Waals surface area contributed by atoms with Crippen molar-refractivity contribution in [3.05, 3.63) is 30.5 Å². The van der Waals surface area contributed by atoms with Gasteiger partial charge in [0.2, 0.25) is 0 Å². The summed E-state index contributed by atoms with van der Waals surface area (Å²) < 4.78 is 24.3. The Labute approximate surface area is 94.3 Å². The summed E-state index contributed by atoms with van der Waals surface area (Å²) in [5.74, 6) is 0. The lowest BCUT2D eigenvalue weighted by Crippen LogP contribution is -2.06. The molecule has 1 aromatic heterocycles. The Kier molecular flexibility index (Phi) is 2.89. The molecule has 2 aromatic rings. The van der Waals surface area contributed by atoms with Gasteiger partial charge in [-0.25, -0.2) is 0 Å². The van der Waals surface area contributed by atoms with Crippen molar-refractivity contribution in [3.63, 3.8) is 0 Å². The van der Waals surface area contributed by atoms with Gasteiger partial charge in [-0.3, -0.25) is 4.57 Å². The number of aromatic nitrogens is 1. The molecule has 0 aliphatic heterocycles. The van der Waals surface area contributed by atoms with E-state index in [0.29, 0.717) is 5.30 Å². The molecule has 1 heterocycles. The molecule has 0 saturated carbocycles. The fraction of sp³-hybridized carbons (Fsp3) is 0.273. The van der Waals surface area contributed by atoms with Gasteiger partial charge >= 0.3 is 7.60 Å². The molecule has 0 aliphatic carbocycles. The highest BCUT2D eigenvalue weighted by Crippen LogP contribution is 2.47. The fourth-order valence-electron chi connectivity index (χ4n) is 1.81. The Morgan fingerprint density at radius 3 is 2.44 bits per heavy atom. The van der Waals surface area contributed by atoms with Crippen LogP contribution in [0.1, 0.15) is 0 Å². The summed E-state index contributed by atoms with van der Waals surface area (Å²) in [6.07, 6.45) is 1.79. The minimum Gasteiger partial charge on any atom is -0.350 e. The third kappa shape index (κ3) is 1.59. The number of benzene rings is 1. The zero-order chi connectivity index (χ0) is 11.8. The van der Waals surface area contributed by atoms with E-state index in [9.17, 15) is 4.57 Å². The summed E-state index contributed by atoms with van der Waals surface area (Å²) in [6, 6.07) is 7.72. The van der Waals surface area contributed by atoms with E-state index >= 15 is 0 Å². The number of hydrogen-bond acceptors (Lipinski definition) is 3. The molecule has 2 rings (SSSR count). The summed E-state index contributed by atoms with van der Waals surface area (Å²) in [4.78, 5) is 0. The Morgan fingerprint density at radius 1 is 1.19 bits per heavy atom. The van der Waals surface area contributed by atoms with Gasteiger partial charge in [0.1, 0.15) is 0 Å². The van der Waals surface area contributed by atoms with Crippen LogP contribution in [0.5, 0.6) is 0 Å². The zero-order valence-electron chi connectivity index (χ0n) is 9.51. The van der Waals surface area contributed by atoms with E-state index in [4.69, 9.17) is 9.05 Å². The molecule has 1 aromatic carbocycles. The number of aryl methyl sites for hydroxylation is 1. The van der Waals surface area contributed by atoms with E-state index in [1.165, 1.54) is 14.2 Å². The van der Waals surface area contributed by atoms with Gasteiger partial charge in [-0.2, -0.15) is 0 Å². The minimum atomic E-state index is -3.18. The maximum atomic E-state index is 12.3. The van der Waals surface area contributed by atoms with Crippen molar-refractivity contribution in [3.8, 4) is 0 Å². The van der Waals surface area contributed by atoms with E-state index in [0.717, 1.165) is 10.9 Å². The molecule has 0 amide bonds. The van der Waals surface area contributed by atoms with E-state index in [-0.39, 0.29) is 0 Å². The molecule has 0 aliphatic rings. The summed E-state index contributed by atoms with van der Waals surface area (Å²) in [6.45, 7) is 0. The highest BCUT2D eigenvalue weighted by molar-refractivity contribution is 7.62. The summed E-state index contributed by atoms with van der Waals surface area (Å²) in [7, 11) is 1.52. The third-order valence-electron chi connectivity index (χ3n) is 2.65. The van der Waals surface area contributed by atoms with Gasteiger partial charge in [0, 0.05) is 38.4 Å². The molecule has 0 spiro atoms. The van der Waals surface area contributed by atoms with Crippen molar-refractivity contribution < 1.29 is 13.6 Å². The SMILES string of the molecule is COP(=O)(OC)c1cn(C)c2ccccc12. The third-order valence-corrected chi connectivity index (χ3v) is 4.56. The van der Waals surface area contributed by atoms with Gasteiger partial charge in [0.25, 0.3) is 0 Å². The predicted molar refractivity (Wildman–Crippen MR) is 64.2 cm³/mol. The number of fused-ring (bicyclic) bond motifs is 1. The topological polar surface area (TPSA) is 40.5 Å². The zero-order valence-corrected chi connectivity index (χ0v) is 10.4. The molecule has 0 radical (unpaired) electrons. The van der Waals surface area contributed by atoms with Crippen molar-refractivity contribution in [1.82, 2.24) is 4.57 Å². The van der Waals surface area contributed by atoms with Crippen molar-refractivity contribution >= 4 is 23.8 Å². The molecule has 0 N–H and O–H groups in total. The standard InChI is InChI=1S/C11H14NO3P/c1-12-8-11(16(13,14-2)15-3)9-6-4-5-7-10(9)12/h4-8H,1-3H3. The summed E-state index contributed by atoms with van der Waals surface area (Å²) in [5.41, 5.74) is 1.01. The highest BCUT2D eigenvalue weighted by atomic mass is 31.2. The average Bonchev–Trinajstić information content (AvgIpc) is 2.67. The lowest BCUT2D eigenvalue weighted by atomic mass is 10.2. The number of nitrogens with zero attached hydrogens (tertiary/aromatic N) is 1. The molecule has 0 unspecified atom stereocenters. The normalized spacial score (nSPS) is 12.2. The van der Waals surface area contributed by atoms with Crippen LogP contribution >= 0.6 is 7.60 Å². The number of para-hydroxylation sites is 1. The van der Waals surface area contributed by atoms with Crippen LogP contribution in [-0.4, -0.2) is 18.8 Å². The molecule has 0 atom stereocenters. The minimum absolute atomic E-state index is 0.607. The van der Waals surface area contributed by atoms with Crippen molar-refractivity contribution in [2.45, 2.75) is 0 Å². The van der Waals surface area contributed by atoms with Crippen LogP contribution < -0.4 is 5.30 Å². The molecule has 16 heavy (non-hydrogen) atoms. The second-order valence-electron chi connectivity index (χ2n) is 3.51. The van der Waals surface area contributed by atoms with Crippen molar-refractivity contribution in [2.75, 3.05) is 14.2 Å². The number of rotatable bonds is 3. The summed E-state index contributed by atoms with van der Waals surface area (Å²) >= 11 is 0. The van der Waals surface area contributed by atoms with Crippen LogP contribution in [0.4, 0.5) is 0 Å². The Bertz CT molecular complexity index is 553. The van der Waals surface area contributed by atoms with E-state index in [1.807, 2.05) is 35.9 Å². The lowest BCUT2D eigenvalue weighted by molar-refractivity contribution is 0.287. The molecule has 5 heteroatoms. The second kappa shape index (κ2) is 4.06. The summed E-state index contributed by atoms with van der Waals surface area (Å²) in [5, 5.41) is 1.51. The van der Waals surface area contributed by atoms with E-state index < -0.39 is 7.60 Å².